The van der Waals surface area contributed by atoms with Crippen LogP contribution in [0.2, 0.25) is 0 Å². The number of nitrogens with one attached hydrogen (secondary N) is 2. The fraction of sp³-hybridized carbons (Fsp3) is 0.138. The fourth-order valence-corrected chi connectivity index (χ4v) is 3.86. The molecule has 0 radical (unpaired) electrons. The lowest BCUT2D eigenvalue weighted by atomic mass is 10.1. The van der Waals surface area contributed by atoms with Crippen LogP contribution in [0.1, 0.15) is 34.8 Å². The molecule has 4 aromatic rings. The number of anilines is 2. The van der Waals surface area contributed by atoms with E-state index in [1.165, 1.54) is 24.3 Å². The van der Waals surface area contributed by atoms with Gasteiger partial charge in [-0.3, -0.25) is 5.41 Å². The zero-order chi connectivity index (χ0) is 28.8. The van der Waals surface area contributed by atoms with Crippen molar-refractivity contribution in [2.75, 3.05) is 11.1 Å². The van der Waals surface area contributed by atoms with Crippen LogP contribution in [-0.2, 0) is 6.42 Å². The molecule has 0 saturated heterocycles. The lowest BCUT2D eigenvalue weighted by Crippen LogP contribution is -2.19. The molecular weight excluding hydrogens is 520 g/mol. The average molecular weight is 548 g/mol. The van der Waals surface area contributed by atoms with E-state index in [9.17, 15) is 9.90 Å². The van der Waals surface area contributed by atoms with E-state index < -0.39 is 35.1 Å². The number of hydrogen-bond acceptors (Lipinski definition) is 7. The number of carbonyl (C=O) groups is 1. The van der Waals surface area contributed by atoms with Crippen molar-refractivity contribution in [2.45, 2.75) is 25.8 Å². The standard InChI is InChI=1S/C29H27F2N5O4/c1-16(10-11-17-6-3-2-4-7-17)35-25-23(30)27(39-20-9-5-8-18(14-20)26(33)34)36-28(24(25)31)40-22-13-12-19(32)15-21(22)29(37)38/h2-9,12-16H,10-11,32H2,1H3,(H3,33,34)(H,35,36)(H,37,38). The number of nitrogens with zero attached hydrogens (tertiary/aromatic N) is 1. The van der Waals surface area contributed by atoms with Crippen molar-refractivity contribution >= 4 is 23.2 Å². The first-order chi connectivity index (χ1) is 19.1. The van der Waals surface area contributed by atoms with Gasteiger partial charge in [-0.1, -0.05) is 42.5 Å². The van der Waals surface area contributed by atoms with E-state index >= 15 is 8.78 Å². The molecule has 0 aliphatic rings. The first-order valence-electron chi connectivity index (χ1n) is 12.2. The number of carboxylic acid groups (broad SMARTS) is 1. The molecule has 7 N–H and O–H groups in total. The van der Waals surface area contributed by atoms with Gasteiger partial charge in [-0.25, -0.2) is 4.79 Å². The van der Waals surface area contributed by atoms with Gasteiger partial charge in [0.2, 0.25) is 11.6 Å². The normalized spacial score (nSPS) is 11.5. The van der Waals surface area contributed by atoms with Crippen LogP contribution < -0.4 is 26.3 Å². The van der Waals surface area contributed by atoms with Gasteiger partial charge in [-0.05, 0) is 55.7 Å². The van der Waals surface area contributed by atoms with Crippen LogP contribution in [0, 0.1) is 17.0 Å². The fourth-order valence-electron chi connectivity index (χ4n) is 3.86. The van der Waals surface area contributed by atoms with E-state index in [0.717, 1.165) is 11.6 Å². The number of aromatic carboxylic acids is 1. The van der Waals surface area contributed by atoms with Gasteiger partial charge in [0.05, 0.1) is 0 Å². The molecule has 0 bridgehead atoms. The van der Waals surface area contributed by atoms with E-state index in [1.54, 1.807) is 19.1 Å². The Morgan fingerprint density at radius 3 is 2.40 bits per heavy atom. The monoisotopic (exact) mass is 547 g/mol. The zero-order valence-electron chi connectivity index (χ0n) is 21.4. The number of rotatable bonds is 11. The highest BCUT2D eigenvalue weighted by Crippen LogP contribution is 2.37. The number of carboxylic acids is 1. The summed E-state index contributed by atoms with van der Waals surface area (Å²) in [5.41, 5.74) is 11.9. The smallest absolute Gasteiger partial charge is 0.339 e. The molecule has 1 heterocycles. The van der Waals surface area contributed by atoms with Gasteiger partial charge in [-0.15, -0.1) is 0 Å². The number of ether oxygens (including phenoxy) is 2. The molecule has 40 heavy (non-hydrogen) atoms. The van der Waals surface area contributed by atoms with Gasteiger partial charge >= 0.3 is 5.97 Å². The van der Waals surface area contributed by atoms with Gasteiger partial charge in [0.15, 0.2) is 0 Å². The van der Waals surface area contributed by atoms with Crippen molar-refractivity contribution < 1.29 is 28.2 Å². The Morgan fingerprint density at radius 2 is 1.73 bits per heavy atom. The SMILES string of the molecule is CC(CCc1ccccc1)Nc1c(F)c(Oc2cccc(C(=N)N)c2)nc(Oc2ccc(N)cc2C(=O)O)c1F. The highest BCUT2D eigenvalue weighted by atomic mass is 19.1. The zero-order valence-corrected chi connectivity index (χ0v) is 21.4. The minimum atomic E-state index is -1.37. The molecule has 0 amide bonds. The summed E-state index contributed by atoms with van der Waals surface area (Å²) >= 11 is 0. The molecule has 0 fully saturated rings. The molecule has 4 rings (SSSR count). The summed E-state index contributed by atoms with van der Waals surface area (Å²) in [4.78, 5) is 15.6. The summed E-state index contributed by atoms with van der Waals surface area (Å²) in [6.45, 7) is 1.77. The van der Waals surface area contributed by atoms with Crippen LogP contribution in [0.25, 0.3) is 0 Å². The molecule has 0 aliphatic heterocycles. The van der Waals surface area contributed by atoms with Crippen molar-refractivity contribution in [1.82, 2.24) is 4.98 Å². The molecule has 11 heteroatoms. The number of halogens is 2. The van der Waals surface area contributed by atoms with Crippen molar-refractivity contribution in [3.05, 3.63) is 101 Å². The largest absolute Gasteiger partial charge is 0.478 e. The molecule has 3 aromatic carbocycles. The van der Waals surface area contributed by atoms with Gasteiger partial charge in [-0.2, -0.15) is 13.8 Å². The molecule has 0 spiro atoms. The van der Waals surface area contributed by atoms with Crippen LogP contribution in [0.5, 0.6) is 23.3 Å². The molecule has 9 nitrogen and oxygen atoms in total. The summed E-state index contributed by atoms with van der Waals surface area (Å²) in [7, 11) is 0. The number of hydrogen-bond donors (Lipinski definition) is 5. The Labute approximate surface area is 228 Å². The third-order valence-corrected chi connectivity index (χ3v) is 5.92. The molecular formula is C29H27F2N5O4. The highest BCUT2D eigenvalue weighted by molar-refractivity contribution is 5.95. The van der Waals surface area contributed by atoms with Gasteiger partial charge in [0, 0.05) is 17.3 Å². The van der Waals surface area contributed by atoms with Crippen LogP contribution in [0.15, 0.2) is 72.8 Å². The Kier molecular flexibility index (Phi) is 8.43. The Bertz CT molecular complexity index is 1550. The molecule has 1 aromatic heterocycles. The van der Waals surface area contributed by atoms with Gasteiger partial charge in [0.25, 0.3) is 11.8 Å². The maximum atomic E-state index is 15.7. The minimum absolute atomic E-state index is 0.0819. The predicted octanol–water partition coefficient (Wildman–Crippen LogP) is 5.94. The number of nitrogens with two attached hydrogens (primary N) is 2. The van der Waals surface area contributed by atoms with E-state index in [1.807, 2.05) is 30.3 Å². The molecule has 1 unspecified atom stereocenters. The first-order valence-corrected chi connectivity index (χ1v) is 12.2. The summed E-state index contributed by atoms with van der Waals surface area (Å²) in [6.07, 6.45) is 1.20. The van der Waals surface area contributed by atoms with Crippen molar-refractivity contribution in [3.63, 3.8) is 0 Å². The molecule has 1 atom stereocenters. The lowest BCUT2D eigenvalue weighted by Gasteiger charge is -2.19. The Morgan fingerprint density at radius 1 is 1.02 bits per heavy atom. The number of pyridine rings is 1. The van der Waals surface area contributed by atoms with Crippen LogP contribution >= 0.6 is 0 Å². The summed E-state index contributed by atoms with van der Waals surface area (Å²) in [6, 6.07) is 19.0. The Hall–Kier alpha value is -5.19. The quantitative estimate of drug-likeness (QED) is 0.0877. The first kappa shape index (κ1) is 27.8. The Balaban J connectivity index is 1.71. The maximum absolute atomic E-state index is 15.7. The van der Waals surface area contributed by atoms with E-state index in [4.69, 9.17) is 26.4 Å². The molecule has 0 saturated carbocycles. The van der Waals surface area contributed by atoms with E-state index in [-0.39, 0.29) is 34.6 Å². The van der Waals surface area contributed by atoms with Gasteiger partial charge < -0.3 is 31.4 Å². The van der Waals surface area contributed by atoms with Gasteiger partial charge in [0.1, 0.15) is 28.6 Å². The number of nitrogen functional groups attached to an aromatic ring is 2. The molecule has 0 aliphatic carbocycles. The van der Waals surface area contributed by atoms with Crippen LogP contribution in [0.3, 0.4) is 0 Å². The minimum Gasteiger partial charge on any atom is -0.478 e. The number of benzene rings is 3. The van der Waals surface area contributed by atoms with Crippen molar-refractivity contribution in [2.24, 2.45) is 5.73 Å². The third kappa shape index (κ3) is 6.62. The number of aryl methyl sites for hydroxylation is 1. The second-order valence-electron chi connectivity index (χ2n) is 9.00. The highest BCUT2D eigenvalue weighted by Gasteiger charge is 2.26. The maximum Gasteiger partial charge on any atom is 0.339 e. The average Bonchev–Trinajstić information content (AvgIpc) is 2.94. The van der Waals surface area contributed by atoms with Crippen LogP contribution in [-0.4, -0.2) is 27.9 Å². The topological polar surface area (TPSA) is 157 Å². The van der Waals surface area contributed by atoms with Crippen molar-refractivity contribution in [1.29, 1.82) is 5.41 Å². The number of amidine groups is 1. The second-order valence-corrected chi connectivity index (χ2v) is 9.00. The molecule has 206 valence electrons. The van der Waals surface area contributed by atoms with Crippen LogP contribution in [0.4, 0.5) is 20.2 Å². The number of aromatic nitrogens is 1. The second kappa shape index (κ2) is 12.1. The summed E-state index contributed by atoms with van der Waals surface area (Å²) in [5, 5.41) is 20.0. The predicted molar refractivity (Wildman–Crippen MR) is 147 cm³/mol. The van der Waals surface area contributed by atoms with E-state index in [2.05, 4.69) is 10.3 Å². The third-order valence-electron chi connectivity index (χ3n) is 5.92. The lowest BCUT2D eigenvalue weighted by molar-refractivity contribution is 0.0694. The van der Waals surface area contributed by atoms with Crippen molar-refractivity contribution in [3.8, 4) is 23.3 Å². The van der Waals surface area contributed by atoms with E-state index in [0.29, 0.717) is 18.4 Å². The summed E-state index contributed by atoms with van der Waals surface area (Å²) < 4.78 is 42.5. The summed E-state index contributed by atoms with van der Waals surface area (Å²) in [5.74, 6) is -5.43.